The average molecular weight is 470 g/mol. The van der Waals surface area contributed by atoms with Gasteiger partial charge >= 0.3 is 5.97 Å². The molecule has 0 fully saturated rings. The largest absolute Gasteiger partial charge is 0.477 e. The maximum Gasteiger partial charge on any atom is 0.349 e. The molecule has 2 aromatic carbocycles. The summed E-state index contributed by atoms with van der Waals surface area (Å²) in [5.41, 5.74) is 3.65. The van der Waals surface area contributed by atoms with Gasteiger partial charge in [-0.3, -0.25) is 14.2 Å². The van der Waals surface area contributed by atoms with Crippen molar-refractivity contribution in [1.82, 2.24) is 9.55 Å². The molecule has 0 aliphatic carbocycles. The van der Waals surface area contributed by atoms with Crippen LogP contribution in [0.5, 0.6) is 0 Å². The van der Waals surface area contributed by atoms with Crippen molar-refractivity contribution in [3.8, 4) is 0 Å². The topological polar surface area (TPSA) is 101 Å². The summed E-state index contributed by atoms with van der Waals surface area (Å²) in [5, 5.41) is 10.3. The normalized spacial score (nSPS) is 14.9. The van der Waals surface area contributed by atoms with E-state index in [-0.39, 0.29) is 5.56 Å². The van der Waals surface area contributed by atoms with E-state index in [0.29, 0.717) is 35.4 Å². The van der Waals surface area contributed by atoms with E-state index in [1.165, 1.54) is 12.1 Å². The minimum atomic E-state index is -1.51. The van der Waals surface area contributed by atoms with Crippen molar-refractivity contribution in [2.24, 2.45) is 0 Å². The maximum absolute atomic E-state index is 13.0. The second kappa shape index (κ2) is 8.61. The average Bonchev–Trinajstić information content (AvgIpc) is 3.15. The lowest BCUT2D eigenvalue weighted by molar-refractivity contribution is -0.132. The monoisotopic (exact) mass is 469 g/mol. The van der Waals surface area contributed by atoms with Crippen LogP contribution in [0, 0.1) is 6.92 Å². The van der Waals surface area contributed by atoms with Crippen LogP contribution >= 0.6 is 23.2 Å². The lowest BCUT2D eigenvalue weighted by Crippen LogP contribution is -2.21. The van der Waals surface area contributed by atoms with Crippen LogP contribution in [-0.4, -0.2) is 26.5 Å². The van der Waals surface area contributed by atoms with Gasteiger partial charge in [0.25, 0.3) is 11.5 Å². The highest BCUT2D eigenvalue weighted by Crippen LogP contribution is 2.28. The third kappa shape index (κ3) is 4.17. The van der Waals surface area contributed by atoms with Crippen LogP contribution in [0.1, 0.15) is 23.4 Å². The van der Waals surface area contributed by atoms with Crippen LogP contribution < -0.4 is 10.9 Å². The Hall–Kier alpha value is -3.42. The molecule has 0 saturated heterocycles. The molecular weight excluding hydrogens is 453 g/mol. The number of carboxylic acid groups (broad SMARTS) is 1. The van der Waals surface area contributed by atoms with Gasteiger partial charge in [-0.1, -0.05) is 53.0 Å². The van der Waals surface area contributed by atoms with E-state index in [1.54, 1.807) is 10.6 Å². The van der Waals surface area contributed by atoms with Crippen LogP contribution in [0.3, 0.4) is 0 Å². The fourth-order valence-corrected chi connectivity index (χ4v) is 3.79. The highest BCUT2D eigenvalue weighted by atomic mass is 35.5. The highest BCUT2D eigenvalue weighted by molar-refractivity contribution is 6.54. The summed E-state index contributed by atoms with van der Waals surface area (Å²) >= 11 is 11.3. The Kier molecular flexibility index (Phi) is 5.86. The van der Waals surface area contributed by atoms with E-state index in [4.69, 9.17) is 28.3 Å². The Morgan fingerprint density at radius 3 is 2.66 bits per heavy atom. The number of aliphatic carboxylic acids is 1. The number of aryl methyl sites for hydroxylation is 1. The molecular formula is C23H17Cl2N3O4. The molecule has 2 N–H and O–H groups in total. The predicted molar refractivity (Wildman–Crippen MR) is 125 cm³/mol. The smallest absolute Gasteiger partial charge is 0.349 e. The minimum absolute atomic E-state index is 0.164. The van der Waals surface area contributed by atoms with E-state index in [1.807, 2.05) is 31.2 Å². The van der Waals surface area contributed by atoms with Crippen molar-refractivity contribution in [3.05, 3.63) is 79.8 Å². The fraction of sp³-hybridized carbons (Fsp3) is 0.130. The van der Waals surface area contributed by atoms with Gasteiger partial charge in [-0.15, -0.1) is 0 Å². The van der Waals surface area contributed by atoms with E-state index in [2.05, 4.69) is 16.4 Å². The Labute approximate surface area is 192 Å². The quantitative estimate of drug-likeness (QED) is 0.552. The number of hydrogen-bond acceptors (Lipinski definition) is 4. The summed E-state index contributed by atoms with van der Waals surface area (Å²) in [6, 6.07) is 12.7. The number of anilines is 1. The Morgan fingerprint density at radius 1 is 1.16 bits per heavy atom. The maximum atomic E-state index is 13.0. The van der Waals surface area contributed by atoms with Gasteiger partial charge < -0.3 is 10.4 Å². The first-order chi connectivity index (χ1) is 15.2. The predicted octanol–water partition coefficient (Wildman–Crippen LogP) is 4.36. The molecule has 0 atom stereocenters. The number of carbonyl (C=O) groups excluding carboxylic acids is 1. The van der Waals surface area contributed by atoms with Crippen molar-refractivity contribution in [2.45, 2.75) is 19.9 Å². The van der Waals surface area contributed by atoms with Crippen molar-refractivity contribution in [3.63, 3.8) is 0 Å². The van der Waals surface area contributed by atoms with Gasteiger partial charge in [0, 0.05) is 12.2 Å². The Morgan fingerprint density at radius 2 is 1.94 bits per heavy atom. The van der Waals surface area contributed by atoms with Gasteiger partial charge in [-0.05, 0) is 48.8 Å². The van der Waals surface area contributed by atoms with Gasteiger partial charge in [0.05, 0.1) is 10.9 Å². The van der Waals surface area contributed by atoms with Crippen LogP contribution in [0.4, 0.5) is 5.69 Å². The van der Waals surface area contributed by atoms with Crippen molar-refractivity contribution in [2.75, 3.05) is 5.32 Å². The molecule has 1 amide bonds. The third-order valence-electron chi connectivity index (χ3n) is 5.07. The number of aromatic nitrogens is 2. The summed E-state index contributed by atoms with van der Waals surface area (Å²) in [6.45, 7) is 2.56. The molecule has 0 radical (unpaired) electrons. The number of rotatable bonds is 4. The molecule has 32 heavy (non-hydrogen) atoms. The van der Waals surface area contributed by atoms with Crippen molar-refractivity contribution < 1.29 is 14.7 Å². The molecule has 1 aliphatic rings. The van der Waals surface area contributed by atoms with Gasteiger partial charge in [0.15, 0.2) is 0 Å². The standard InChI is InChI=1S/C23H17Cl2N3O4/c1-12-3-2-4-13(9-12)10-14-7-8-28-20(14)27-17-11-15(5-6-16(17)22(28)30)26-21(29)18(24)19(25)23(31)32/h2-6,9-11H,7-8H2,1H3,(H,26,29)(H,31,32). The van der Waals surface area contributed by atoms with Gasteiger partial charge in [0.2, 0.25) is 0 Å². The molecule has 0 unspecified atom stereocenters. The molecule has 9 heteroatoms. The molecule has 162 valence electrons. The summed E-state index contributed by atoms with van der Waals surface area (Å²) in [6.07, 6.45) is 2.71. The number of carboxylic acids is 1. The number of nitrogens with one attached hydrogen (secondary N) is 1. The first kappa shape index (κ1) is 21.8. The summed E-state index contributed by atoms with van der Waals surface area (Å²) in [4.78, 5) is 40.7. The third-order valence-corrected chi connectivity index (χ3v) is 5.88. The van der Waals surface area contributed by atoms with Crippen LogP contribution in [0.25, 0.3) is 22.6 Å². The SMILES string of the molecule is Cc1cccc(C=C2CCn3c2nc2cc(NC(=O)C(Cl)=C(Cl)C(=O)O)ccc2c3=O)c1. The number of carbonyl (C=O) groups is 2. The van der Waals surface area contributed by atoms with Crippen molar-refractivity contribution >= 4 is 63.3 Å². The molecule has 1 aliphatic heterocycles. The van der Waals surface area contributed by atoms with Gasteiger partial charge in [-0.25, -0.2) is 9.78 Å². The molecule has 0 saturated carbocycles. The molecule has 2 heterocycles. The number of amides is 1. The molecule has 0 bridgehead atoms. The zero-order valence-electron chi connectivity index (χ0n) is 16.9. The van der Waals surface area contributed by atoms with E-state index in [0.717, 1.165) is 16.7 Å². The number of halogens is 2. The minimum Gasteiger partial charge on any atom is -0.477 e. The molecule has 0 spiro atoms. The second-order valence-electron chi connectivity index (χ2n) is 7.35. The molecule has 3 aromatic rings. The zero-order chi connectivity index (χ0) is 23.0. The van der Waals surface area contributed by atoms with Gasteiger partial charge in [0.1, 0.15) is 15.9 Å². The fourth-order valence-electron chi connectivity index (χ4n) is 3.57. The van der Waals surface area contributed by atoms with Crippen LogP contribution in [0.2, 0.25) is 0 Å². The summed E-state index contributed by atoms with van der Waals surface area (Å²) in [7, 11) is 0. The lowest BCUT2D eigenvalue weighted by atomic mass is 10.1. The Balaban J connectivity index is 1.73. The number of allylic oxidation sites excluding steroid dienone is 1. The van der Waals surface area contributed by atoms with Gasteiger partial charge in [-0.2, -0.15) is 0 Å². The number of fused-ring (bicyclic) bond motifs is 2. The number of benzene rings is 2. The van der Waals surface area contributed by atoms with E-state index < -0.39 is 21.9 Å². The highest BCUT2D eigenvalue weighted by Gasteiger charge is 2.22. The van der Waals surface area contributed by atoms with Crippen LogP contribution in [-0.2, 0) is 16.1 Å². The lowest BCUT2D eigenvalue weighted by Gasteiger charge is -2.09. The molecule has 1 aromatic heterocycles. The Bertz CT molecular complexity index is 1410. The zero-order valence-corrected chi connectivity index (χ0v) is 18.4. The number of hydrogen-bond donors (Lipinski definition) is 2. The molecule has 4 rings (SSSR count). The van der Waals surface area contributed by atoms with E-state index >= 15 is 0 Å². The first-order valence-electron chi connectivity index (χ1n) is 9.66. The summed E-state index contributed by atoms with van der Waals surface area (Å²) < 4.78 is 1.65. The second-order valence-corrected chi connectivity index (χ2v) is 8.10. The molecule has 7 nitrogen and oxygen atoms in total. The summed E-state index contributed by atoms with van der Waals surface area (Å²) in [5.74, 6) is -1.81. The first-order valence-corrected chi connectivity index (χ1v) is 10.4. The van der Waals surface area contributed by atoms with E-state index in [9.17, 15) is 14.4 Å². The van der Waals surface area contributed by atoms with Crippen molar-refractivity contribution in [1.29, 1.82) is 0 Å². The van der Waals surface area contributed by atoms with Crippen LogP contribution in [0.15, 0.2) is 57.3 Å². The number of nitrogens with zero attached hydrogens (tertiary/aromatic N) is 2.